The molecule has 0 saturated heterocycles. The molecule has 0 aliphatic carbocycles. The summed E-state index contributed by atoms with van der Waals surface area (Å²) in [6.45, 7) is 4.03. The third kappa shape index (κ3) is 8.72. The summed E-state index contributed by atoms with van der Waals surface area (Å²) in [6.07, 6.45) is 3.63. The lowest BCUT2D eigenvalue weighted by atomic mass is 9.91. The van der Waals surface area contributed by atoms with E-state index >= 15 is 0 Å². The Hall–Kier alpha value is -9.07. The van der Waals surface area contributed by atoms with E-state index in [0.717, 1.165) is 106 Å². The van der Waals surface area contributed by atoms with Crippen molar-refractivity contribution in [2.45, 2.75) is 13.8 Å². The van der Waals surface area contributed by atoms with Gasteiger partial charge < -0.3 is 0 Å². The van der Waals surface area contributed by atoms with Gasteiger partial charge >= 0.3 is 0 Å². The number of rotatable bonds is 10. The molecule has 11 aromatic rings. The zero-order valence-electron chi connectivity index (χ0n) is 37.5. The number of benzene rings is 7. The molecule has 7 heteroatoms. The number of pyridine rings is 1. The van der Waals surface area contributed by atoms with Crippen LogP contribution < -0.4 is 0 Å². The van der Waals surface area contributed by atoms with Gasteiger partial charge in [0.25, 0.3) is 0 Å². The maximum atomic E-state index is 5.30. The Kier molecular flexibility index (Phi) is 11.3. The van der Waals surface area contributed by atoms with Crippen molar-refractivity contribution in [3.05, 3.63) is 236 Å². The first-order valence-electron chi connectivity index (χ1n) is 22.6. The van der Waals surface area contributed by atoms with Gasteiger partial charge in [-0.15, -0.1) is 0 Å². The molecule has 0 spiro atoms. The number of nitrogens with zero attached hydrogens (tertiary/aromatic N) is 7. The molecule has 0 aliphatic heterocycles. The second kappa shape index (κ2) is 18.4. The SMILES string of the molecule is Cc1cc(C)nc(-c2cc(-c3ccc(-c4cc(-c5ccccc5)nc(-c5ccccc5)n4)cc3)ccc2-c2ccccc2-c2nc(-c3ccccc3)cc(-c3ccc(-c4ccncc4)cc3)n2)n1. The summed E-state index contributed by atoms with van der Waals surface area (Å²) >= 11 is 0. The van der Waals surface area contributed by atoms with Crippen molar-refractivity contribution in [1.82, 2.24) is 34.9 Å². The summed E-state index contributed by atoms with van der Waals surface area (Å²) < 4.78 is 0. The predicted molar refractivity (Wildman–Crippen MR) is 275 cm³/mol. The van der Waals surface area contributed by atoms with Crippen LogP contribution in [0.3, 0.4) is 0 Å². The lowest BCUT2D eigenvalue weighted by Gasteiger charge is -2.17. The zero-order chi connectivity index (χ0) is 45.8. The molecule has 0 N–H and O–H groups in total. The van der Waals surface area contributed by atoms with E-state index in [2.05, 4.69) is 126 Å². The molecular formula is C61H43N7. The van der Waals surface area contributed by atoms with Gasteiger partial charge in [-0.05, 0) is 83.6 Å². The highest BCUT2D eigenvalue weighted by atomic mass is 14.9. The van der Waals surface area contributed by atoms with E-state index in [4.69, 9.17) is 29.9 Å². The average molecular weight is 874 g/mol. The van der Waals surface area contributed by atoms with E-state index in [9.17, 15) is 0 Å². The molecule has 4 heterocycles. The standard InChI is InChI=1S/C61H43N7/c1-40-36-41(2)64-61(63-40)54-37-50(43-24-28-47(29-25-43)57-38-55(45-14-6-3-7-15-45)65-59(66-57)49-18-10-5-11-19-49)30-31-52(54)51-20-12-13-21-53(51)60-67-56(46-16-8-4-9-17-46)39-58(68-60)48-26-22-42(23-27-48)44-32-34-62-35-33-44/h3-39H,1-2H3. The van der Waals surface area contributed by atoms with Gasteiger partial charge in [-0.1, -0.05) is 176 Å². The monoisotopic (exact) mass is 873 g/mol. The molecule has 7 nitrogen and oxygen atoms in total. The molecule has 11 rings (SSSR count). The summed E-state index contributed by atoms with van der Waals surface area (Å²) in [6, 6.07) is 72.9. The molecule has 68 heavy (non-hydrogen) atoms. The van der Waals surface area contributed by atoms with Crippen LogP contribution in [0.25, 0.3) is 113 Å². The molecular weight excluding hydrogens is 831 g/mol. The Balaban J connectivity index is 1.01. The third-order valence-electron chi connectivity index (χ3n) is 12.0. The Bertz CT molecular complexity index is 3470. The van der Waals surface area contributed by atoms with Gasteiger partial charge in [-0.3, -0.25) is 4.98 Å². The van der Waals surface area contributed by atoms with Crippen LogP contribution in [-0.2, 0) is 0 Å². The maximum Gasteiger partial charge on any atom is 0.161 e. The summed E-state index contributed by atoms with van der Waals surface area (Å²) in [5.74, 6) is 1.96. The number of aryl methyl sites for hydroxylation is 2. The largest absolute Gasteiger partial charge is 0.265 e. The topological polar surface area (TPSA) is 90.2 Å². The first-order valence-corrected chi connectivity index (χ1v) is 22.6. The highest BCUT2D eigenvalue weighted by Crippen LogP contribution is 2.40. The Morgan fingerprint density at radius 1 is 0.235 bits per heavy atom. The van der Waals surface area contributed by atoms with E-state index in [-0.39, 0.29) is 0 Å². The van der Waals surface area contributed by atoms with Crippen LogP contribution >= 0.6 is 0 Å². The Labute approximate surface area is 395 Å². The van der Waals surface area contributed by atoms with Gasteiger partial charge in [0.1, 0.15) is 0 Å². The van der Waals surface area contributed by atoms with Crippen molar-refractivity contribution in [3.8, 4) is 113 Å². The summed E-state index contributed by atoms with van der Waals surface area (Å²) in [5.41, 5.74) is 18.3. The van der Waals surface area contributed by atoms with Crippen molar-refractivity contribution in [3.63, 3.8) is 0 Å². The number of hydrogen-bond donors (Lipinski definition) is 0. The first-order chi connectivity index (χ1) is 33.5. The van der Waals surface area contributed by atoms with E-state index in [1.807, 2.05) is 117 Å². The quantitative estimate of drug-likeness (QED) is 0.135. The van der Waals surface area contributed by atoms with E-state index in [0.29, 0.717) is 17.5 Å². The van der Waals surface area contributed by atoms with Crippen molar-refractivity contribution < 1.29 is 0 Å². The molecule has 7 aromatic carbocycles. The lowest BCUT2D eigenvalue weighted by molar-refractivity contribution is 1.06. The maximum absolute atomic E-state index is 5.30. The van der Waals surface area contributed by atoms with Crippen LogP contribution in [0.2, 0.25) is 0 Å². The fraction of sp³-hybridized carbons (Fsp3) is 0.0328. The minimum absolute atomic E-state index is 0.623. The minimum Gasteiger partial charge on any atom is -0.265 e. The molecule has 0 saturated carbocycles. The van der Waals surface area contributed by atoms with Crippen LogP contribution in [0, 0.1) is 13.8 Å². The van der Waals surface area contributed by atoms with Crippen molar-refractivity contribution in [1.29, 1.82) is 0 Å². The lowest BCUT2D eigenvalue weighted by Crippen LogP contribution is -2.00. The normalized spacial score (nSPS) is 11.1. The highest BCUT2D eigenvalue weighted by molar-refractivity contribution is 5.92. The predicted octanol–water partition coefficient (Wildman–Crippen LogP) is 14.7. The van der Waals surface area contributed by atoms with Crippen LogP contribution in [-0.4, -0.2) is 34.9 Å². The van der Waals surface area contributed by atoms with Gasteiger partial charge in [0.2, 0.25) is 0 Å². The number of aromatic nitrogens is 7. The molecule has 0 fully saturated rings. The van der Waals surface area contributed by atoms with E-state index < -0.39 is 0 Å². The summed E-state index contributed by atoms with van der Waals surface area (Å²) in [5, 5.41) is 0. The second-order valence-electron chi connectivity index (χ2n) is 16.7. The fourth-order valence-electron chi connectivity index (χ4n) is 8.65. The molecule has 322 valence electrons. The molecule has 0 amide bonds. The first kappa shape index (κ1) is 41.6. The molecule has 0 aliphatic rings. The van der Waals surface area contributed by atoms with Gasteiger partial charge in [0, 0.05) is 62.7 Å². The zero-order valence-corrected chi connectivity index (χ0v) is 37.5. The molecule has 0 atom stereocenters. The highest BCUT2D eigenvalue weighted by Gasteiger charge is 2.20. The smallest absolute Gasteiger partial charge is 0.161 e. The van der Waals surface area contributed by atoms with Crippen molar-refractivity contribution >= 4 is 0 Å². The van der Waals surface area contributed by atoms with Crippen LogP contribution in [0.1, 0.15) is 11.4 Å². The van der Waals surface area contributed by atoms with Gasteiger partial charge in [-0.2, -0.15) is 0 Å². The van der Waals surface area contributed by atoms with E-state index in [1.54, 1.807) is 0 Å². The average Bonchev–Trinajstić information content (AvgIpc) is 3.41. The third-order valence-corrected chi connectivity index (χ3v) is 12.0. The second-order valence-corrected chi connectivity index (χ2v) is 16.7. The van der Waals surface area contributed by atoms with Gasteiger partial charge in [-0.25, -0.2) is 29.9 Å². The fourth-order valence-corrected chi connectivity index (χ4v) is 8.65. The minimum atomic E-state index is 0.623. The van der Waals surface area contributed by atoms with Crippen LogP contribution in [0.5, 0.6) is 0 Å². The van der Waals surface area contributed by atoms with Gasteiger partial charge in [0.05, 0.1) is 22.8 Å². The van der Waals surface area contributed by atoms with Crippen LogP contribution in [0.15, 0.2) is 225 Å². The summed E-state index contributed by atoms with van der Waals surface area (Å²) in [4.78, 5) is 34.9. The van der Waals surface area contributed by atoms with Crippen LogP contribution in [0.4, 0.5) is 0 Å². The molecule has 0 bridgehead atoms. The molecule has 4 aromatic heterocycles. The Morgan fingerprint density at radius 2 is 0.603 bits per heavy atom. The Morgan fingerprint density at radius 3 is 1.13 bits per heavy atom. The van der Waals surface area contributed by atoms with Crippen molar-refractivity contribution in [2.75, 3.05) is 0 Å². The summed E-state index contributed by atoms with van der Waals surface area (Å²) in [7, 11) is 0. The van der Waals surface area contributed by atoms with Gasteiger partial charge in [0.15, 0.2) is 17.5 Å². The molecule has 0 radical (unpaired) electrons. The molecule has 0 unspecified atom stereocenters. The van der Waals surface area contributed by atoms with Crippen molar-refractivity contribution in [2.24, 2.45) is 0 Å². The van der Waals surface area contributed by atoms with E-state index in [1.165, 1.54) is 0 Å². The number of hydrogen-bond acceptors (Lipinski definition) is 7.